The highest BCUT2D eigenvalue weighted by Crippen LogP contribution is 2.31. The highest BCUT2D eigenvalue weighted by Gasteiger charge is 2.38. The second-order valence-electron chi connectivity index (χ2n) is 11.6. The van der Waals surface area contributed by atoms with Gasteiger partial charge < -0.3 is 19.7 Å². The van der Waals surface area contributed by atoms with Gasteiger partial charge in [0.15, 0.2) is 5.69 Å². The topological polar surface area (TPSA) is 70.5 Å². The quantitative estimate of drug-likeness (QED) is 0.500. The van der Waals surface area contributed by atoms with Crippen molar-refractivity contribution < 1.29 is 14.0 Å². The van der Waals surface area contributed by atoms with Crippen molar-refractivity contribution in [2.24, 2.45) is 5.41 Å². The fraction of sp³-hybridized carbons (Fsp3) is 0.433. The summed E-state index contributed by atoms with van der Waals surface area (Å²) in [6, 6.07) is 11.7. The second kappa shape index (κ2) is 10.7. The molecule has 0 spiro atoms. The zero-order valence-corrected chi connectivity index (χ0v) is 23.7. The number of rotatable bonds is 4. The lowest BCUT2D eigenvalue weighted by atomic mass is 9.85. The Morgan fingerprint density at radius 2 is 1.79 bits per heavy atom. The van der Waals surface area contributed by atoms with Gasteiger partial charge in [-0.1, -0.05) is 56.6 Å². The summed E-state index contributed by atoms with van der Waals surface area (Å²) < 4.78 is 16.8. The van der Waals surface area contributed by atoms with E-state index in [9.17, 15) is 14.0 Å². The summed E-state index contributed by atoms with van der Waals surface area (Å²) in [7, 11) is 1.99. The van der Waals surface area contributed by atoms with Crippen molar-refractivity contribution in [3.63, 3.8) is 0 Å². The summed E-state index contributed by atoms with van der Waals surface area (Å²) in [5.41, 5.74) is 3.01. The number of amides is 2. The lowest BCUT2D eigenvalue weighted by Gasteiger charge is -2.37. The minimum atomic E-state index is -0.762. The van der Waals surface area contributed by atoms with Crippen molar-refractivity contribution in [2.45, 2.75) is 59.3 Å². The number of benzene rings is 2. The van der Waals surface area contributed by atoms with E-state index in [1.807, 2.05) is 55.5 Å². The van der Waals surface area contributed by atoms with Gasteiger partial charge in [0.25, 0.3) is 5.91 Å². The number of hydrogen-bond acceptors (Lipinski definition) is 4. The maximum atomic E-state index is 14.9. The molecular formula is C30H35ClFN5O2. The minimum absolute atomic E-state index is 0.117. The molecule has 39 heavy (non-hydrogen) atoms. The molecule has 0 radical (unpaired) electrons. The van der Waals surface area contributed by atoms with E-state index in [0.717, 1.165) is 24.9 Å². The molecule has 206 valence electrons. The van der Waals surface area contributed by atoms with Gasteiger partial charge in [-0.3, -0.25) is 9.59 Å². The Morgan fingerprint density at radius 1 is 1.05 bits per heavy atom. The van der Waals surface area contributed by atoms with Gasteiger partial charge in [-0.25, -0.2) is 9.37 Å². The Bertz CT molecular complexity index is 1410. The first kappa shape index (κ1) is 27.3. The Hall–Kier alpha value is -3.23. The Labute approximate surface area is 234 Å². The van der Waals surface area contributed by atoms with E-state index in [2.05, 4.69) is 21.3 Å². The fourth-order valence-corrected chi connectivity index (χ4v) is 5.66. The number of carbonyl (C=O) groups is 2. The van der Waals surface area contributed by atoms with Crippen LogP contribution >= 0.6 is 11.6 Å². The van der Waals surface area contributed by atoms with Gasteiger partial charge in [0.2, 0.25) is 5.91 Å². The first-order valence-electron chi connectivity index (χ1n) is 13.4. The number of fused-ring (bicyclic) bond motifs is 2. The van der Waals surface area contributed by atoms with E-state index in [1.165, 1.54) is 17.7 Å². The van der Waals surface area contributed by atoms with Crippen LogP contribution in [0, 0.1) is 11.2 Å². The molecule has 9 heteroatoms. The van der Waals surface area contributed by atoms with Crippen molar-refractivity contribution >= 4 is 23.4 Å². The van der Waals surface area contributed by atoms with Crippen LogP contribution in [0.25, 0.3) is 11.4 Å². The zero-order valence-electron chi connectivity index (χ0n) is 22.9. The predicted molar refractivity (Wildman–Crippen MR) is 150 cm³/mol. The first-order valence-corrected chi connectivity index (χ1v) is 13.8. The van der Waals surface area contributed by atoms with E-state index in [-0.39, 0.29) is 17.2 Å². The molecule has 0 fully saturated rings. The van der Waals surface area contributed by atoms with E-state index < -0.39 is 23.2 Å². The number of hydrogen-bond donors (Lipinski definition) is 1. The predicted octanol–water partition coefficient (Wildman–Crippen LogP) is 4.91. The number of halogens is 2. The number of aromatic nitrogens is 2. The van der Waals surface area contributed by atoms with Gasteiger partial charge in [-0.15, -0.1) is 0 Å². The molecule has 2 aliphatic heterocycles. The zero-order chi connectivity index (χ0) is 27.9. The van der Waals surface area contributed by atoms with Gasteiger partial charge in [-0.2, -0.15) is 0 Å². The molecule has 1 atom stereocenters. The van der Waals surface area contributed by atoms with Crippen LogP contribution in [0.2, 0.25) is 5.02 Å². The number of nitrogens with one attached hydrogen (secondary N) is 1. The van der Waals surface area contributed by atoms with Gasteiger partial charge in [0, 0.05) is 31.2 Å². The van der Waals surface area contributed by atoms with E-state index in [4.69, 9.17) is 11.6 Å². The maximum Gasteiger partial charge on any atom is 0.272 e. The van der Waals surface area contributed by atoms with Crippen molar-refractivity contribution in [3.8, 4) is 11.4 Å². The van der Waals surface area contributed by atoms with Crippen molar-refractivity contribution in [2.75, 3.05) is 20.1 Å². The lowest BCUT2D eigenvalue weighted by molar-refractivity contribution is -0.136. The molecule has 3 aromatic rings. The monoisotopic (exact) mass is 551 g/mol. The summed E-state index contributed by atoms with van der Waals surface area (Å²) in [6.07, 6.45) is 1.61. The van der Waals surface area contributed by atoms with Crippen LogP contribution < -0.4 is 5.32 Å². The molecule has 0 aliphatic carbocycles. The third kappa shape index (κ3) is 5.58. The van der Waals surface area contributed by atoms with Crippen molar-refractivity contribution in [3.05, 3.63) is 75.8 Å². The van der Waals surface area contributed by atoms with Gasteiger partial charge in [-0.05, 0) is 61.2 Å². The maximum absolute atomic E-state index is 14.9. The number of carbonyl (C=O) groups excluding carboxylic acids is 2. The molecule has 2 aliphatic rings. The molecule has 2 amide bonds. The average Bonchev–Trinajstić information content (AvgIpc) is 3.13. The molecule has 5 rings (SSSR count). The van der Waals surface area contributed by atoms with E-state index in [0.29, 0.717) is 42.7 Å². The Kier molecular flexibility index (Phi) is 7.53. The first-order chi connectivity index (χ1) is 18.5. The summed E-state index contributed by atoms with van der Waals surface area (Å²) >= 11 is 6.20. The third-order valence-electron chi connectivity index (χ3n) is 7.63. The van der Waals surface area contributed by atoms with Crippen LogP contribution in [0.3, 0.4) is 0 Å². The molecule has 1 N–H and O–H groups in total. The van der Waals surface area contributed by atoms with Crippen molar-refractivity contribution in [1.29, 1.82) is 0 Å². The molecule has 0 bridgehead atoms. The van der Waals surface area contributed by atoms with Crippen LogP contribution in [-0.2, 0) is 30.8 Å². The van der Waals surface area contributed by atoms with Crippen LogP contribution in [0.15, 0.2) is 42.5 Å². The smallest absolute Gasteiger partial charge is 0.272 e. The van der Waals surface area contributed by atoms with Gasteiger partial charge in [0.1, 0.15) is 17.7 Å². The highest BCUT2D eigenvalue weighted by atomic mass is 35.5. The molecule has 7 nitrogen and oxygen atoms in total. The molecule has 3 heterocycles. The van der Waals surface area contributed by atoms with E-state index in [1.54, 1.807) is 6.07 Å². The average molecular weight is 552 g/mol. The van der Waals surface area contributed by atoms with Crippen LogP contribution in [-0.4, -0.2) is 57.3 Å². The molecule has 0 unspecified atom stereocenters. The molecule has 0 saturated carbocycles. The summed E-state index contributed by atoms with van der Waals surface area (Å²) in [6.45, 7) is 8.86. The third-order valence-corrected chi connectivity index (χ3v) is 7.86. The molecule has 0 saturated heterocycles. The normalized spacial score (nSPS) is 16.7. The second-order valence-corrected chi connectivity index (χ2v) is 12.1. The SMILES string of the molecule is CN1CCCn2c(-c3cc(Cl)ccc3F)nc(C(=O)N[C@H](C(=O)N3CCc4ccccc4C3)C(C)(C)C)c2C1. The summed E-state index contributed by atoms with van der Waals surface area (Å²) in [4.78, 5) is 36.3. The lowest BCUT2D eigenvalue weighted by Crippen LogP contribution is -2.55. The Morgan fingerprint density at radius 3 is 2.54 bits per heavy atom. The van der Waals surface area contributed by atoms with Crippen LogP contribution in [0.1, 0.15) is 54.5 Å². The number of nitrogens with zero attached hydrogens (tertiary/aromatic N) is 4. The Balaban J connectivity index is 1.48. The standard InChI is InChI=1S/C30H35ClFN5O2/c1-30(2,3)26(29(39)36-15-12-19-8-5-6-9-20(19)17-36)34-28(38)25-24-18-35(4)13-7-14-37(24)27(33-25)22-16-21(31)10-11-23(22)32/h5-6,8-11,16,26H,7,12-15,17-18H2,1-4H3,(H,34,38)/t26-/m1/s1. The minimum Gasteiger partial charge on any atom is -0.338 e. The van der Waals surface area contributed by atoms with Crippen molar-refractivity contribution in [1.82, 2.24) is 24.7 Å². The molecule has 1 aromatic heterocycles. The van der Waals surface area contributed by atoms with Gasteiger partial charge in [0.05, 0.1) is 11.3 Å². The van der Waals surface area contributed by atoms with Gasteiger partial charge >= 0.3 is 0 Å². The summed E-state index contributed by atoms with van der Waals surface area (Å²) in [5, 5.41) is 3.42. The summed E-state index contributed by atoms with van der Waals surface area (Å²) in [5.74, 6) is -0.635. The molecular weight excluding hydrogens is 517 g/mol. The molecule has 2 aromatic carbocycles. The van der Waals surface area contributed by atoms with Crippen LogP contribution in [0.5, 0.6) is 0 Å². The number of imidazole rings is 1. The largest absolute Gasteiger partial charge is 0.338 e. The fourth-order valence-electron chi connectivity index (χ4n) is 5.49. The van der Waals surface area contributed by atoms with E-state index >= 15 is 0 Å². The van der Waals surface area contributed by atoms with Crippen LogP contribution in [0.4, 0.5) is 4.39 Å². The highest BCUT2D eigenvalue weighted by molar-refractivity contribution is 6.30.